The highest BCUT2D eigenvalue weighted by atomic mass is 35.5. The Labute approximate surface area is 131 Å². The Hall–Kier alpha value is -1.06. The number of benzene rings is 1. The van der Waals surface area contributed by atoms with Gasteiger partial charge in [-0.05, 0) is 50.7 Å². The zero-order valence-corrected chi connectivity index (χ0v) is 13.2. The zero-order valence-electron chi connectivity index (χ0n) is 12.5. The number of amides is 1. The molecule has 3 unspecified atom stereocenters. The van der Waals surface area contributed by atoms with Gasteiger partial charge in [0.25, 0.3) is 0 Å². The predicted octanol–water partition coefficient (Wildman–Crippen LogP) is 3.52. The van der Waals surface area contributed by atoms with E-state index in [1.54, 1.807) is 0 Å². The van der Waals surface area contributed by atoms with Gasteiger partial charge < -0.3 is 10.6 Å². The largest absolute Gasteiger partial charge is 0.333 e. The van der Waals surface area contributed by atoms with Gasteiger partial charge in [-0.15, -0.1) is 0 Å². The molecule has 3 rings (SSSR count). The van der Waals surface area contributed by atoms with Gasteiger partial charge in [-0.3, -0.25) is 4.79 Å². The van der Waals surface area contributed by atoms with E-state index in [-0.39, 0.29) is 23.9 Å². The van der Waals surface area contributed by atoms with E-state index in [0.717, 1.165) is 42.7 Å². The Morgan fingerprint density at radius 1 is 1.29 bits per heavy atom. The van der Waals surface area contributed by atoms with E-state index in [1.165, 1.54) is 0 Å². The molecule has 0 saturated heterocycles. The van der Waals surface area contributed by atoms with Crippen molar-refractivity contribution in [2.24, 2.45) is 11.7 Å². The lowest BCUT2D eigenvalue weighted by molar-refractivity contribution is -0.138. The van der Waals surface area contributed by atoms with Gasteiger partial charge in [0.05, 0.1) is 6.04 Å². The van der Waals surface area contributed by atoms with Gasteiger partial charge in [0.15, 0.2) is 0 Å². The van der Waals surface area contributed by atoms with Gasteiger partial charge in [-0.2, -0.15) is 0 Å². The van der Waals surface area contributed by atoms with Gasteiger partial charge in [0, 0.05) is 23.0 Å². The van der Waals surface area contributed by atoms with Crippen molar-refractivity contribution < 1.29 is 4.79 Å². The van der Waals surface area contributed by atoms with Gasteiger partial charge in [-0.25, -0.2) is 0 Å². The van der Waals surface area contributed by atoms with Crippen molar-refractivity contribution in [1.29, 1.82) is 0 Å². The number of hydrogen-bond acceptors (Lipinski definition) is 2. The van der Waals surface area contributed by atoms with Crippen LogP contribution in [0.5, 0.6) is 0 Å². The number of nitrogens with two attached hydrogens (primary N) is 1. The monoisotopic (exact) mass is 306 g/mol. The summed E-state index contributed by atoms with van der Waals surface area (Å²) in [5, 5.41) is 0.742. The first kappa shape index (κ1) is 14.9. The van der Waals surface area contributed by atoms with Crippen LogP contribution in [0.2, 0.25) is 5.02 Å². The smallest absolute Gasteiger partial charge is 0.226 e. The van der Waals surface area contributed by atoms with Crippen molar-refractivity contribution in [3.05, 3.63) is 34.9 Å². The molecule has 4 heteroatoms. The minimum absolute atomic E-state index is 0.0375. The van der Waals surface area contributed by atoms with Crippen LogP contribution in [0.15, 0.2) is 24.3 Å². The molecule has 0 spiro atoms. The average Bonchev–Trinajstić information content (AvgIpc) is 3.20. The summed E-state index contributed by atoms with van der Waals surface area (Å²) in [5.41, 5.74) is 7.02. The summed E-state index contributed by atoms with van der Waals surface area (Å²) in [5.74, 6) is 0.378. The Morgan fingerprint density at radius 2 is 2.00 bits per heavy atom. The molecular formula is C17H23ClN2O. The summed E-state index contributed by atoms with van der Waals surface area (Å²) >= 11 is 6.32. The standard InChI is InChI=1S/C17H23ClN2O/c1-11(15-4-2-3-5-16(15)18)20(14-8-9-14)17(21)12-6-7-13(19)10-12/h2-5,11-14H,6-10,19H2,1H3. The fourth-order valence-corrected chi connectivity index (χ4v) is 3.75. The van der Waals surface area contributed by atoms with Crippen LogP contribution in [0.4, 0.5) is 0 Å². The summed E-state index contributed by atoms with van der Waals surface area (Å²) in [6.07, 6.45) is 4.95. The van der Waals surface area contributed by atoms with E-state index in [2.05, 4.69) is 11.8 Å². The van der Waals surface area contributed by atoms with Crippen molar-refractivity contribution in [3.8, 4) is 0 Å². The van der Waals surface area contributed by atoms with E-state index in [4.69, 9.17) is 17.3 Å². The second-order valence-electron chi connectivity index (χ2n) is 6.44. The third-order valence-corrected chi connectivity index (χ3v) is 5.13. The number of rotatable bonds is 4. The molecule has 2 saturated carbocycles. The molecule has 3 nitrogen and oxygen atoms in total. The third-order valence-electron chi connectivity index (χ3n) is 4.79. The third kappa shape index (κ3) is 3.09. The van der Waals surface area contributed by atoms with Crippen molar-refractivity contribution in [2.75, 3.05) is 0 Å². The lowest BCUT2D eigenvalue weighted by atomic mass is 10.0. The zero-order chi connectivity index (χ0) is 15.0. The molecule has 2 N–H and O–H groups in total. The van der Waals surface area contributed by atoms with Crippen LogP contribution in [-0.4, -0.2) is 22.9 Å². The molecule has 0 bridgehead atoms. The topological polar surface area (TPSA) is 46.3 Å². The molecule has 0 aromatic heterocycles. The summed E-state index contributed by atoms with van der Waals surface area (Å²) in [6, 6.07) is 8.45. The molecule has 3 atom stereocenters. The van der Waals surface area contributed by atoms with Crippen molar-refractivity contribution in [2.45, 2.75) is 57.2 Å². The van der Waals surface area contributed by atoms with Crippen molar-refractivity contribution >= 4 is 17.5 Å². The Balaban J connectivity index is 1.81. The quantitative estimate of drug-likeness (QED) is 0.925. The minimum atomic E-state index is 0.0375. The van der Waals surface area contributed by atoms with Gasteiger partial charge in [0.1, 0.15) is 0 Å². The second kappa shape index (κ2) is 5.98. The highest BCUT2D eigenvalue weighted by Crippen LogP contribution is 2.39. The van der Waals surface area contributed by atoms with Crippen LogP contribution in [0.25, 0.3) is 0 Å². The van der Waals surface area contributed by atoms with Crippen LogP contribution in [0.3, 0.4) is 0 Å². The molecule has 1 aromatic carbocycles. The highest BCUT2D eigenvalue weighted by Gasteiger charge is 2.41. The molecule has 114 valence electrons. The van der Waals surface area contributed by atoms with Crippen LogP contribution in [-0.2, 0) is 4.79 Å². The SMILES string of the molecule is CC(c1ccccc1Cl)N(C(=O)C1CCC(N)C1)C1CC1. The number of hydrogen-bond donors (Lipinski definition) is 1. The molecule has 0 radical (unpaired) electrons. The molecule has 2 aliphatic carbocycles. The number of halogens is 1. The maximum absolute atomic E-state index is 12.9. The first-order valence-electron chi connectivity index (χ1n) is 7.90. The average molecular weight is 307 g/mol. The van der Waals surface area contributed by atoms with E-state index in [0.29, 0.717) is 6.04 Å². The number of carbonyl (C=O) groups excluding carboxylic acids is 1. The molecule has 2 aliphatic rings. The normalized spacial score (nSPS) is 26.6. The van der Waals surface area contributed by atoms with Crippen LogP contribution in [0, 0.1) is 5.92 Å². The minimum Gasteiger partial charge on any atom is -0.333 e. The lowest BCUT2D eigenvalue weighted by Crippen LogP contribution is -2.39. The summed E-state index contributed by atoms with van der Waals surface area (Å²) < 4.78 is 0. The molecule has 1 aromatic rings. The number of carbonyl (C=O) groups is 1. The fourth-order valence-electron chi connectivity index (χ4n) is 3.46. The fraction of sp³-hybridized carbons (Fsp3) is 0.588. The molecule has 0 aliphatic heterocycles. The van der Waals surface area contributed by atoms with Crippen molar-refractivity contribution in [1.82, 2.24) is 4.90 Å². The first-order chi connectivity index (χ1) is 10.1. The maximum atomic E-state index is 12.9. The second-order valence-corrected chi connectivity index (χ2v) is 6.85. The summed E-state index contributed by atoms with van der Waals surface area (Å²) in [6.45, 7) is 2.09. The molecule has 2 fully saturated rings. The molecule has 1 amide bonds. The molecule has 21 heavy (non-hydrogen) atoms. The van der Waals surface area contributed by atoms with E-state index in [9.17, 15) is 4.79 Å². The Kier molecular flexibility index (Phi) is 4.23. The van der Waals surface area contributed by atoms with Crippen LogP contribution < -0.4 is 5.73 Å². The van der Waals surface area contributed by atoms with Gasteiger partial charge >= 0.3 is 0 Å². The predicted molar refractivity (Wildman–Crippen MR) is 85.1 cm³/mol. The van der Waals surface area contributed by atoms with E-state index in [1.807, 2.05) is 24.3 Å². The first-order valence-corrected chi connectivity index (χ1v) is 8.28. The molecular weight excluding hydrogens is 284 g/mol. The summed E-state index contributed by atoms with van der Waals surface area (Å²) in [4.78, 5) is 15.0. The Morgan fingerprint density at radius 3 is 2.57 bits per heavy atom. The summed E-state index contributed by atoms with van der Waals surface area (Å²) in [7, 11) is 0. The molecule has 0 heterocycles. The highest BCUT2D eigenvalue weighted by molar-refractivity contribution is 6.31. The number of nitrogens with zero attached hydrogens (tertiary/aromatic N) is 1. The van der Waals surface area contributed by atoms with Gasteiger partial charge in [-0.1, -0.05) is 29.8 Å². The maximum Gasteiger partial charge on any atom is 0.226 e. The van der Waals surface area contributed by atoms with Gasteiger partial charge in [0.2, 0.25) is 5.91 Å². The van der Waals surface area contributed by atoms with Crippen molar-refractivity contribution in [3.63, 3.8) is 0 Å². The lowest BCUT2D eigenvalue weighted by Gasteiger charge is -2.32. The van der Waals surface area contributed by atoms with Crippen LogP contribution in [0.1, 0.15) is 50.6 Å². The van der Waals surface area contributed by atoms with Crippen LogP contribution >= 0.6 is 11.6 Å². The Bertz CT molecular complexity index is 529. The van der Waals surface area contributed by atoms with E-state index >= 15 is 0 Å². The van der Waals surface area contributed by atoms with E-state index < -0.39 is 0 Å².